The van der Waals surface area contributed by atoms with Crippen molar-refractivity contribution >= 4 is 22.6 Å². The number of amides is 1. The molecule has 0 radical (unpaired) electrons. The lowest BCUT2D eigenvalue weighted by atomic mass is 9.98. The Hall–Kier alpha value is -3.13. The lowest BCUT2D eigenvalue weighted by molar-refractivity contribution is -0.133. The van der Waals surface area contributed by atoms with Gasteiger partial charge in [0.2, 0.25) is 11.8 Å². The van der Waals surface area contributed by atoms with Crippen LogP contribution in [0.25, 0.3) is 22.3 Å². The molecule has 3 aromatic rings. The first kappa shape index (κ1) is 20.3. The number of hydrogen-bond donors (Lipinski definition) is 1. The molecular formula is C26H29N5O3. The van der Waals surface area contributed by atoms with E-state index in [-0.39, 0.29) is 17.9 Å². The average Bonchev–Trinajstić information content (AvgIpc) is 3.44. The van der Waals surface area contributed by atoms with Crippen molar-refractivity contribution in [2.75, 3.05) is 24.5 Å². The van der Waals surface area contributed by atoms with Crippen LogP contribution in [-0.2, 0) is 9.53 Å². The molecule has 0 spiro atoms. The van der Waals surface area contributed by atoms with Crippen LogP contribution in [0.15, 0.2) is 36.7 Å². The van der Waals surface area contributed by atoms with Crippen LogP contribution in [0.2, 0.25) is 0 Å². The van der Waals surface area contributed by atoms with E-state index in [9.17, 15) is 4.79 Å². The number of hydrogen-bond acceptors (Lipinski definition) is 6. The highest BCUT2D eigenvalue weighted by molar-refractivity contribution is 5.85. The van der Waals surface area contributed by atoms with Gasteiger partial charge >= 0.3 is 0 Å². The number of piperidine rings is 1. The van der Waals surface area contributed by atoms with E-state index in [0.29, 0.717) is 37.1 Å². The van der Waals surface area contributed by atoms with Gasteiger partial charge in [0.1, 0.15) is 11.6 Å². The topological polar surface area (TPSA) is 81.5 Å². The zero-order chi connectivity index (χ0) is 22.8. The molecule has 5 aliphatic rings. The Labute approximate surface area is 198 Å². The predicted octanol–water partition coefficient (Wildman–Crippen LogP) is 3.31. The van der Waals surface area contributed by atoms with Crippen LogP contribution in [0.1, 0.15) is 38.6 Å². The fourth-order valence-electron chi connectivity index (χ4n) is 5.53. The van der Waals surface area contributed by atoms with Crippen LogP contribution in [0.5, 0.6) is 5.88 Å². The standard InChI is InChI=1S/C26H29N5O3/c1-15(17-8-24(32)27-11-17)33-26-25-23(28-14-31(25)19-6-7-19)10-22(29-26)16-2-4-18(5-3-16)30-12-20-9-21(13-30)34-20/h2-5,10,14-15,17,19-21H,6-9,11-13H2,1H3,(H,27,32)/t15-,17-,20?,21?/m1/s1. The second-order valence-corrected chi connectivity index (χ2v) is 10.2. The molecule has 5 fully saturated rings. The average molecular weight is 460 g/mol. The maximum Gasteiger partial charge on any atom is 0.241 e. The number of carbonyl (C=O) groups is 1. The molecule has 1 saturated carbocycles. The number of nitrogens with zero attached hydrogens (tertiary/aromatic N) is 4. The summed E-state index contributed by atoms with van der Waals surface area (Å²) in [6, 6.07) is 11.2. The summed E-state index contributed by atoms with van der Waals surface area (Å²) < 4.78 is 14.4. The van der Waals surface area contributed by atoms with Gasteiger partial charge in [0.25, 0.3) is 0 Å². The van der Waals surface area contributed by atoms with E-state index in [4.69, 9.17) is 19.4 Å². The van der Waals surface area contributed by atoms with E-state index in [1.807, 2.05) is 13.3 Å². The molecule has 1 aliphatic carbocycles. The van der Waals surface area contributed by atoms with Crippen LogP contribution in [0, 0.1) is 5.92 Å². The number of rotatable bonds is 6. The lowest BCUT2D eigenvalue weighted by Crippen LogP contribution is -2.57. The van der Waals surface area contributed by atoms with Crippen molar-refractivity contribution in [2.24, 2.45) is 5.92 Å². The molecule has 34 heavy (non-hydrogen) atoms. The van der Waals surface area contributed by atoms with Crippen molar-refractivity contribution in [2.45, 2.75) is 57.0 Å². The van der Waals surface area contributed by atoms with Gasteiger partial charge in [-0.1, -0.05) is 12.1 Å². The summed E-state index contributed by atoms with van der Waals surface area (Å²) in [7, 11) is 0. The van der Waals surface area contributed by atoms with Gasteiger partial charge in [0, 0.05) is 55.7 Å². The number of morpholine rings is 1. The third-order valence-corrected chi connectivity index (χ3v) is 7.72. The van der Waals surface area contributed by atoms with Gasteiger partial charge in [-0.3, -0.25) is 4.79 Å². The highest BCUT2D eigenvalue weighted by Crippen LogP contribution is 2.40. The summed E-state index contributed by atoms with van der Waals surface area (Å²) in [6.45, 7) is 4.61. The van der Waals surface area contributed by atoms with Crippen molar-refractivity contribution in [1.29, 1.82) is 0 Å². The van der Waals surface area contributed by atoms with Crippen LogP contribution >= 0.6 is 0 Å². The van der Waals surface area contributed by atoms with Gasteiger partial charge in [-0.15, -0.1) is 0 Å². The third kappa shape index (κ3) is 3.52. The van der Waals surface area contributed by atoms with Gasteiger partial charge in [-0.2, -0.15) is 0 Å². The highest BCUT2D eigenvalue weighted by Gasteiger charge is 2.38. The van der Waals surface area contributed by atoms with Crippen molar-refractivity contribution < 1.29 is 14.3 Å². The second-order valence-electron chi connectivity index (χ2n) is 10.2. The fraction of sp³-hybridized carbons (Fsp3) is 0.500. The maximum atomic E-state index is 11.7. The molecule has 8 nitrogen and oxygen atoms in total. The zero-order valence-electron chi connectivity index (χ0n) is 19.3. The molecule has 4 aliphatic heterocycles. The van der Waals surface area contributed by atoms with E-state index in [2.05, 4.69) is 45.1 Å². The number of benzene rings is 1. The molecule has 8 rings (SSSR count). The number of fused-ring (bicyclic) bond motifs is 3. The molecular weight excluding hydrogens is 430 g/mol. The Morgan fingerprint density at radius 3 is 2.62 bits per heavy atom. The molecule has 1 amide bonds. The van der Waals surface area contributed by atoms with Gasteiger partial charge in [-0.25, -0.2) is 9.97 Å². The molecule has 8 heteroatoms. The summed E-state index contributed by atoms with van der Waals surface area (Å²) in [5.74, 6) is 0.846. The molecule has 1 aromatic carbocycles. The third-order valence-electron chi connectivity index (χ3n) is 7.72. The lowest BCUT2D eigenvalue weighted by Gasteiger charge is -2.48. The Morgan fingerprint density at radius 1 is 1.18 bits per heavy atom. The zero-order valence-corrected chi connectivity index (χ0v) is 19.3. The molecule has 2 bridgehead atoms. The van der Waals surface area contributed by atoms with Crippen LogP contribution in [0.4, 0.5) is 5.69 Å². The minimum atomic E-state index is -0.123. The smallest absolute Gasteiger partial charge is 0.241 e. The van der Waals surface area contributed by atoms with Gasteiger partial charge in [0.05, 0.1) is 29.7 Å². The van der Waals surface area contributed by atoms with E-state index >= 15 is 0 Å². The number of carbonyl (C=O) groups excluding carboxylic acids is 1. The van der Waals surface area contributed by atoms with Crippen molar-refractivity contribution in [3.05, 3.63) is 36.7 Å². The Morgan fingerprint density at radius 2 is 1.94 bits per heavy atom. The molecule has 4 saturated heterocycles. The molecule has 2 aromatic heterocycles. The summed E-state index contributed by atoms with van der Waals surface area (Å²) in [5, 5.41) is 2.91. The van der Waals surface area contributed by atoms with Crippen LogP contribution in [-0.4, -0.2) is 58.4 Å². The Bertz CT molecular complexity index is 1240. The molecule has 176 valence electrons. The minimum absolute atomic E-state index is 0.0907. The summed E-state index contributed by atoms with van der Waals surface area (Å²) in [4.78, 5) is 23.8. The number of imidazole rings is 1. The Kier molecular flexibility index (Phi) is 4.59. The predicted molar refractivity (Wildman–Crippen MR) is 128 cm³/mol. The summed E-state index contributed by atoms with van der Waals surface area (Å²) in [6.07, 6.45) is 6.57. The van der Waals surface area contributed by atoms with Crippen molar-refractivity contribution in [3.63, 3.8) is 0 Å². The molecule has 4 atom stereocenters. The number of aromatic nitrogens is 3. The minimum Gasteiger partial charge on any atom is -0.473 e. The SMILES string of the molecule is C[C@@H](Oc1nc(-c2ccc(N3CC4CC(C3)O4)cc2)cc2ncn(C3CC3)c12)[C@H]1CNC(=O)C1. The monoisotopic (exact) mass is 459 g/mol. The molecule has 6 heterocycles. The molecule has 1 N–H and O–H groups in total. The molecule has 2 unspecified atom stereocenters. The number of nitrogens with one attached hydrogen (secondary N) is 1. The number of pyridine rings is 1. The largest absolute Gasteiger partial charge is 0.473 e. The van der Waals surface area contributed by atoms with E-state index in [0.717, 1.165) is 48.2 Å². The first-order chi connectivity index (χ1) is 16.6. The van der Waals surface area contributed by atoms with E-state index < -0.39 is 0 Å². The Balaban J connectivity index is 1.21. The fourth-order valence-corrected chi connectivity index (χ4v) is 5.53. The number of anilines is 1. The van der Waals surface area contributed by atoms with Gasteiger partial charge < -0.3 is 24.3 Å². The summed E-state index contributed by atoms with van der Waals surface area (Å²) >= 11 is 0. The summed E-state index contributed by atoms with van der Waals surface area (Å²) in [5.41, 5.74) is 4.98. The van der Waals surface area contributed by atoms with Crippen molar-refractivity contribution in [3.8, 4) is 17.1 Å². The van der Waals surface area contributed by atoms with Crippen LogP contribution in [0.3, 0.4) is 0 Å². The maximum absolute atomic E-state index is 11.7. The van der Waals surface area contributed by atoms with E-state index in [1.165, 1.54) is 12.1 Å². The van der Waals surface area contributed by atoms with Gasteiger partial charge in [-0.05, 0) is 38.0 Å². The van der Waals surface area contributed by atoms with E-state index in [1.54, 1.807) is 0 Å². The first-order valence-corrected chi connectivity index (χ1v) is 12.4. The van der Waals surface area contributed by atoms with Crippen molar-refractivity contribution in [1.82, 2.24) is 19.9 Å². The number of ether oxygens (including phenoxy) is 2. The normalized spacial score (nSPS) is 26.9. The highest BCUT2D eigenvalue weighted by atomic mass is 16.5. The van der Waals surface area contributed by atoms with Gasteiger partial charge in [0.15, 0.2) is 0 Å². The second kappa shape index (κ2) is 7.70. The quantitative estimate of drug-likeness (QED) is 0.609. The van der Waals surface area contributed by atoms with Crippen LogP contribution < -0.4 is 15.0 Å². The first-order valence-electron chi connectivity index (χ1n) is 12.4.